The van der Waals surface area contributed by atoms with Crippen molar-refractivity contribution < 1.29 is 14.3 Å². The summed E-state index contributed by atoms with van der Waals surface area (Å²) in [5.41, 5.74) is 2.08. The molecule has 145 valence electrons. The quantitative estimate of drug-likeness (QED) is 0.676. The van der Waals surface area contributed by atoms with Gasteiger partial charge in [-0.1, -0.05) is 54.6 Å². The van der Waals surface area contributed by atoms with Gasteiger partial charge in [0, 0.05) is 23.1 Å². The van der Waals surface area contributed by atoms with Gasteiger partial charge in [-0.25, -0.2) is 0 Å². The van der Waals surface area contributed by atoms with Crippen LogP contribution in [0.1, 0.15) is 38.3 Å². The van der Waals surface area contributed by atoms with Crippen molar-refractivity contribution in [1.82, 2.24) is 5.32 Å². The molecule has 1 N–H and O–H groups in total. The van der Waals surface area contributed by atoms with Crippen molar-refractivity contribution in [2.45, 2.75) is 24.8 Å². The predicted molar refractivity (Wildman–Crippen MR) is 111 cm³/mol. The van der Waals surface area contributed by atoms with Gasteiger partial charge < -0.3 is 10.1 Å². The molecule has 3 aromatic rings. The van der Waals surface area contributed by atoms with Crippen LogP contribution in [0.3, 0.4) is 0 Å². The van der Waals surface area contributed by atoms with Crippen LogP contribution < -0.4 is 10.1 Å². The second-order valence-corrected chi connectivity index (χ2v) is 7.28. The molecule has 0 fully saturated rings. The average molecular weight is 384 g/mol. The fourth-order valence-corrected chi connectivity index (χ4v) is 4.00. The van der Waals surface area contributed by atoms with Crippen LogP contribution in [-0.4, -0.2) is 24.3 Å². The molecule has 1 aliphatic carbocycles. The third-order valence-electron chi connectivity index (χ3n) is 5.53. The zero-order chi connectivity index (χ0) is 20.3. The van der Waals surface area contributed by atoms with Crippen LogP contribution in [0.4, 0.5) is 0 Å². The molecule has 0 saturated carbocycles. The first-order valence-corrected chi connectivity index (χ1v) is 9.67. The minimum absolute atomic E-state index is 0.126. The standard InChI is InChI=1S/C25H22NO3/c1-29-22-14-8-13-18-15-16-25(17-21(18)22,23(27)19-9-4-2-5-10-19)26-24(28)20-11-6-3-7-12-20/h2-9,11-14H,15-17H2,1H3,(H,26,28)/t25-/m1/s1. The van der Waals surface area contributed by atoms with E-state index in [0.29, 0.717) is 30.4 Å². The van der Waals surface area contributed by atoms with Crippen LogP contribution in [0.15, 0.2) is 72.8 Å². The number of hydrogen-bond acceptors (Lipinski definition) is 3. The first kappa shape index (κ1) is 18.9. The minimum atomic E-state index is -1.05. The van der Waals surface area contributed by atoms with Gasteiger partial charge in [-0.2, -0.15) is 0 Å². The molecule has 4 nitrogen and oxygen atoms in total. The van der Waals surface area contributed by atoms with Gasteiger partial charge in [0.05, 0.1) is 7.11 Å². The summed E-state index contributed by atoms with van der Waals surface area (Å²) in [6.45, 7) is 0. The summed E-state index contributed by atoms with van der Waals surface area (Å²) in [7, 11) is 1.63. The van der Waals surface area contributed by atoms with E-state index in [0.717, 1.165) is 16.9 Å². The molecule has 4 rings (SSSR count). The normalized spacial score (nSPS) is 17.8. The smallest absolute Gasteiger partial charge is 0.252 e. The molecular formula is C25H22NO3. The Morgan fingerprint density at radius 2 is 1.79 bits per heavy atom. The van der Waals surface area contributed by atoms with Crippen molar-refractivity contribution in [1.29, 1.82) is 0 Å². The second kappa shape index (κ2) is 7.92. The summed E-state index contributed by atoms with van der Waals surface area (Å²) >= 11 is 0. The van der Waals surface area contributed by atoms with Crippen molar-refractivity contribution in [2.75, 3.05) is 7.11 Å². The highest BCUT2D eigenvalue weighted by Gasteiger charge is 2.44. The lowest BCUT2D eigenvalue weighted by atomic mass is 9.73. The number of carbonyl (C=O) groups is 2. The van der Waals surface area contributed by atoms with Crippen LogP contribution in [0, 0.1) is 6.07 Å². The van der Waals surface area contributed by atoms with E-state index in [4.69, 9.17) is 4.74 Å². The maximum atomic E-state index is 13.6. The lowest BCUT2D eigenvalue weighted by Crippen LogP contribution is -2.57. The fourth-order valence-electron chi connectivity index (χ4n) is 4.00. The molecule has 29 heavy (non-hydrogen) atoms. The zero-order valence-corrected chi connectivity index (χ0v) is 16.3. The highest BCUT2D eigenvalue weighted by molar-refractivity contribution is 6.07. The van der Waals surface area contributed by atoms with E-state index in [9.17, 15) is 9.59 Å². The highest BCUT2D eigenvalue weighted by Crippen LogP contribution is 2.36. The van der Waals surface area contributed by atoms with Gasteiger partial charge >= 0.3 is 0 Å². The molecule has 1 radical (unpaired) electrons. The number of methoxy groups -OCH3 is 1. The van der Waals surface area contributed by atoms with Gasteiger partial charge in [0.1, 0.15) is 11.3 Å². The van der Waals surface area contributed by atoms with Gasteiger partial charge in [-0.05, 0) is 42.7 Å². The molecule has 4 heteroatoms. The van der Waals surface area contributed by atoms with E-state index in [2.05, 4.69) is 17.4 Å². The Balaban J connectivity index is 1.76. The minimum Gasteiger partial charge on any atom is -0.496 e. The number of carbonyl (C=O) groups excluding carboxylic acids is 2. The first-order valence-electron chi connectivity index (χ1n) is 9.67. The zero-order valence-electron chi connectivity index (χ0n) is 16.3. The number of fused-ring (bicyclic) bond motifs is 1. The van der Waals surface area contributed by atoms with E-state index in [1.54, 1.807) is 31.4 Å². The van der Waals surface area contributed by atoms with Crippen LogP contribution in [0.25, 0.3) is 0 Å². The number of Topliss-reactive ketones (excluding diaryl/α,β-unsaturated/α-hetero) is 1. The van der Waals surface area contributed by atoms with Crippen molar-refractivity contribution in [3.63, 3.8) is 0 Å². The Bertz CT molecular complexity index is 1020. The maximum absolute atomic E-state index is 13.6. The third kappa shape index (κ3) is 3.66. The van der Waals surface area contributed by atoms with Gasteiger partial charge in [0.25, 0.3) is 5.91 Å². The van der Waals surface area contributed by atoms with Crippen LogP contribution in [-0.2, 0) is 12.8 Å². The molecule has 0 bridgehead atoms. The number of benzene rings is 3. The van der Waals surface area contributed by atoms with Crippen molar-refractivity contribution in [2.24, 2.45) is 0 Å². The summed E-state index contributed by atoms with van der Waals surface area (Å²) in [5.74, 6) is 0.359. The number of hydrogen-bond donors (Lipinski definition) is 1. The Labute approximate surface area is 170 Å². The lowest BCUT2D eigenvalue weighted by Gasteiger charge is -2.38. The number of amides is 1. The van der Waals surface area contributed by atoms with Crippen LogP contribution in [0.5, 0.6) is 5.75 Å². The molecule has 1 atom stereocenters. The van der Waals surface area contributed by atoms with E-state index >= 15 is 0 Å². The fraction of sp³-hybridized carbons (Fsp3) is 0.200. The summed E-state index contributed by atoms with van der Waals surface area (Å²) in [4.78, 5) is 26.6. The highest BCUT2D eigenvalue weighted by atomic mass is 16.5. The Hall–Kier alpha value is -3.40. The number of ether oxygens (including phenoxy) is 1. The molecular weight excluding hydrogens is 362 g/mol. The van der Waals surface area contributed by atoms with Gasteiger partial charge in [-0.15, -0.1) is 0 Å². The molecule has 0 saturated heterocycles. The summed E-state index contributed by atoms with van der Waals surface area (Å²) in [5, 5.41) is 3.08. The second-order valence-electron chi connectivity index (χ2n) is 7.28. The van der Waals surface area contributed by atoms with E-state index in [-0.39, 0.29) is 11.7 Å². The van der Waals surface area contributed by atoms with Gasteiger partial charge in [-0.3, -0.25) is 9.59 Å². The first-order chi connectivity index (χ1) is 14.1. The number of aryl methyl sites for hydroxylation is 1. The van der Waals surface area contributed by atoms with Crippen LogP contribution in [0.2, 0.25) is 0 Å². The summed E-state index contributed by atoms with van der Waals surface area (Å²) in [6.07, 6.45) is 1.58. The van der Waals surface area contributed by atoms with Gasteiger partial charge in [0.2, 0.25) is 0 Å². The Morgan fingerprint density at radius 3 is 2.52 bits per heavy atom. The maximum Gasteiger partial charge on any atom is 0.252 e. The molecule has 0 aliphatic heterocycles. The van der Waals surface area contributed by atoms with Crippen LogP contribution >= 0.6 is 0 Å². The monoisotopic (exact) mass is 384 g/mol. The summed E-state index contributed by atoms with van der Waals surface area (Å²) in [6, 6.07) is 25.0. The number of ketones is 1. The van der Waals surface area contributed by atoms with E-state index in [1.165, 1.54) is 0 Å². The molecule has 0 aromatic heterocycles. The molecule has 0 unspecified atom stereocenters. The molecule has 1 amide bonds. The topological polar surface area (TPSA) is 55.4 Å². The number of nitrogens with one attached hydrogen (secondary N) is 1. The van der Waals surface area contributed by atoms with E-state index in [1.807, 2.05) is 42.5 Å². The largest absolute Gasteiger partial charge is 0.496 e. The molecule has 0 heterocycles. The van der Waals surface area contributed by atoms with Crippen molar-refractivity contribution >= 4 is 11.7 Å². The van der Waals surface area contributed by atoms with Crippen molar-refractivity contribution in [3.8, 4) is 5.75 Å². The van der Waals surface area contributed by atoms with Crippen molar-refractivity contribution in [3.05, 3.63) is 101 Å². The van der Waals surface area contributed by atoms with E-state index < -0.39 is 5.54 Å². The van der Waals surface area contributed by atoms with Gasteiger partial charge in [0.15, 0.2) is 5.78 Å². The third-order valence-corrected chi connectivity index (χ3v) is 5.53. The Morgan fingerprint density at radius 1 is 1.00 bits per heavy atom. The Kier molecular flexibility index (Phi) is 5.17. The lowest BCUT2D eigenvalue weighted by molar-refractivity contribution is 0.0745. The molecule has 1 aliphatic rings. The SMILES string of the molecule is COc1cccc2c1C[C@@](NC(=O)c1ccccc1)(C(=O)c1[c]cccc1)CC2. The predicted octanol–water partition coefficient (Wildman–Crippen LogP) is 4.04. The molecule has 0 spiro atoms. The summed E-state index contributed by atoms with van der Waals surface area (Å²) < 4.78 is 5.55. The molecule has 3 aromatic carbocycles. The average Bonchev–Trinajstić information content (AvgIpc) is 2.79. The number of rotatable bonds is 5.